The van der Waals surface area contributed by atoms with Gasteiger partial charge in [-0.1, -0.05) is 48.5 Å². The van der Waals surface area contributed by atoms with Gasteiger partial charge < -0.3 is 29.5 Å². The van der Waals surface area contributed by atoms with Crippen LogP contribution in [0.25, 0.3) is 10.6 Å². The maximum absolute atomic E-state index is 14.9. The zero-order valence-electron chi connectivity index (χ0n) is 33.8. The molecule has 5 heterocycles. The number of aliphatic hydroxyl groups is 1. The van der Waals surface area contributed by atoms with Crippen LogP contribution < -0.4 is 14.8 Å². The smallest absolute Gasteiger partial charge is 0.405 e. The van der Waals surface area contributed by atoms with Crippen LogP contribution in [0.3, 0.4) is 0 Å². The van der Waals surface area contributed by atoms with Crippen molar-refractivity contribution < 1.29 is 42.1 Å². The molecule has 12 nitrogen and oxygen atoms in total. The number of benzene rings is 2. The van der Waals surface area contributed by atoms with Gasteiger partial charge in [0.2, 0.25) is 11.8 Å². The number of β-amino-alcohol motifs (C(OH)–C–C–N with tert-alkyl or cyclic N) is 1. The van der Waals surface area contributed by atoms with Gasteiger partial charge in [-0.05, 0) is 58.2 Å². The number of piperazine rings is 1. The number of methoxy groups -OCH3 is 1. The fourth-order valence-corrected chi connectivity index (χ4v) is 9.49. The van der Waals surface area contributed by atoms with Crippen molar-refractivity contribution in [2.45, 2.75) is 82.3 Å². The SMILES string of the molecule is COc1cncc(-c2nc(C(C)(C)N3CCN(C[C@@H](O)C[C@@H](Cc4ccccc4)C(=O)N4[C@H]5c6ccccc6OC[C@H]5OC4(C)C)[C@H](C(=O)NCC(F)(F)F)C3)cs2)c1. The number of hydrogen-bond donors (Lipinski definition) is 2. The molecule has 0 aliphatic carbocycles. The van der Waals surface area contributed by atoms with E-state index in [2.05, 4.69) is 10.3 Å². The second kappa shape index (κ2) is 17.2. The number of nitrogens with one attached hydrogen (secondary N) is 1. The molecule has 5 atom stereocenters. The van der Waals surface area contributed by atoms with E-state index in [0.717, 1.165) is 27.4 Å². The lowest BCUT2D eigenvalue weighted by atomic mass is 9.89. The summed E-state index contributed by atoms with van der Waals surface area (Å²) in [7, 11) is 1.56. The number of pyridine rings is 1. The van der Waals surface area contributed by atoms with Crippen LogP contribution in [0.4, 0.5) is 13.2 Å². The molecule has 2 N–H and O–H groups in total. The molecular formula is C43H51F3N6O6S. The summed E-state index contributed by atoms with van der Waals surface area (Å²) in [6.07, 6.45) is -2.43. The molecule has 2 amide bonds. The molecule has 0 spiro atoms. The van der Waals surface area contributed by atoms with Crippen molar-refractivity contribution in [2.75, 3.05) is 46.4 Å². The summed E-state index contributed by atoms with van der Waals surface area (Å²) in [5, 5.41) is 16.6. The fraction of sp³-hybridized carbons (Fsp3) is 0.488. The third-order valence-corrected chi connectivity index (χ3v) is 12.5. The molecule has 59 heavy (non-hydrogen) atoms. The van der Waals surface area contributed by atoms with E-state index < -0.39 is 60.1 Å². The van der Waals surface area contributed by atoms with Crippen molar-refractivity contribution in [2.24, 2.45) is 5.92 Å². The Morgan fingerprint density at radius 1 is 1.08 bits per heavy atom. The maximum atomic E-state index is 14.9. The summed E-state index contributed by atoms with van der Waals surface area (Å²) in [5.74, 6) is -0.406. The molecule has 0 bridgehead atoms. The van der Waals surface area contributed by atoms with Crippen molar-refractivity contribution >= 4 is 23.2 Å². The van der Waals surface area contributed by atoms with Crippen molar-refractivity contribution in [1.29, 1.82) is 0 Å². The largest absolute Gasteiger partial charge is 0.495 e. The Hall–Kier alpha value is -4.61. The Kier molecular flexibility index (Phi) is 12.4. The van der Waals surface area contributed by atoms with Crippen LogP contribution in [0.1, 0.15) is 57.0 Å². The molecule has 316 valence electrons. The van der Waals surface area contributed by atoms with E-state index in [0.29, 0.717) is 24.5 Å². The lowest BCUT2D eigenvalue weighted by Crippen LogP contribution is -2.63. The molecular weight excluding hydrogens is 786 g/mol. The van der Waals surface area contributed by atoms with Gasteiger partial charge >= 0.3 is 6.18 Å². The number of hydrogen-bond acceptors (Lipinski definition) is 11. The van der Waals surface area contributed by atoms with Crippen LogP contribution in [-0.2, 0) is 26.3 Å². The number of thiazole rings is 1. The number of ether oxygens (including phenoxy) is 3. The zero-order valence-corrected chi connectivity index (χ0v) is 34.6. The predicted molar refractivity (Wildman–Crippen MR) is 216 cm³/mol. The van der Waals surface area contributed by atoms with Gasteiger partial charge in [0.25, 0.3) is 0 Å². The third-order valence-electron chi connectivity index (χ3n) is 11.6. The molecule has 2 fully saturated rings. The highest BCUT2D eigenvalue weighted by molar-refractivity contribution is 7.13. The van der Waals surface area contributed by atoms with E-state index in [4.69, 9.17) is 19.2 Å². The van der Waals surface area contributed by atoms with Crippen molar-refractivity contribution in [1.82, 2.24) is 30.0 Å². The first-order chi connectivity index (χ1) is 28.0. The lowest BCUT2D eigenvalue weighted by molar-refractivity contribution is -0.153. The highest BCUT2D eigenvalue weighted by atomic mass is 32.1. The van der Waals surface area contributed by atoms with Crippen LogP contribution in [0.2, 0.25) is 0 Å². The summed E-state index contributed by atoms with van der Waals surface area (Å²) in [6.45, 7) is 7.19. The number of fused-ring (bicyclic) bond motifs is 3. The first kappa shape index (κ1) is 42.5. The van der Waals surface area contributed by atoms with Crippen molar-refractivity contribution in [3.8, 4) is 22.1 Å². The van der Waals surface area contributed by atoms with Crippen molar-refractivity contribution in [3.63, 3.8) is 0 Å². The highest BCUT2D eigenvalue weighted by Gasteiger charge is 2.54. The van der Waals surface area contributed by atoms with Gasteiger partial charge in [-0.25, -0.2) is 4.98 Å². The Labute approximate surface area is 346 Å². The van der Waals surface area contributed by atoms with Gasteiger partial charge in [0.05, 0.1) is 36.7 Å². The number of aromatic nitrogens is 2. The van der Waals surface area contributed by atoms with Gasteiger partial charge in [-0.3, -0.25) is 24.4 Å². The summed E-state index contributed by atoms with van der Waals surface area (Å²) >= 11 is 1.43. The first-order valence-corrected chi connectivity index (χ1v) is 20.7. The average molecular weight is 837 g/mol. The van der Waals surface area contributed by atoms with E-state index in [1.54, 1.807) is 29.3 Å². The molecule has 2 aromatic heterocycles. The van der Waals surface area contributed by atoms with Gasteiger partial charge in [-0.2, -0.15) is 13.2 Å². The molecule has 2 saturated heterocycles. The van der Waals surface area contributed by atoms with E-state index in [1.807, 2.05) is 98.6 Å². The van der Waals surface area contributed by atoms with Crippen molar-refractivity contribution in [3.05, 3.63) is 95.3 Å². The number of halogens is 3. The second-order valence-electron chi connectivity index (χ2n) is 16.4. The van der Waals surface area contributed by atoms with E-state index >= 15 is 0 Å². The quantitative estimate of drug-likeness (QED) is 0.170. The Bertz CT molecular complexity index is 2100. The van der Waals surface area contributed by atoms with Gasteiger partial charge in [0.15, 0.2) is 0 Å². The van der Waals surface area contributed by atoms with E-state index in [1.165, 1.54) is 11.3 Å². The third kappa shape index (κ3) is 9.41. The number of nitrogens with zero attached hydrogens (tertiary/aromatic N) is 5. The highest BCUT2D eigenvalue weighted by Crippen LogP contribution is 2.48. The van der Waals surface area contributed by atoms with Gasteiger partial charge in [0, 0.05) is 54.8 Å². The summed E-state index contributed by atoms with van der Waals surface area (Å²) in [6, 6.07) is 17.6. The summed E-state index contributed by atoms with van der Waals surface area (Å²) in [5.41, 5.74) is 1.57. The molecule has 3 aliphatic rings. The molecule has 16 heteroatoms. The molecule has 0 saturated carbocycles. The Morgan fingerprint density at radius 3 is 2.58 bits per heavy atom. The molecule has 2 aromatic carbocycles. The molecule has 3 aliphatic heterocycles. The first-order valence-electron chi connectivity index (χ1n) is 19.8. The number of para-hydroxylation sites is 1. The monoisotopic (exact) mass is 836 g/mol. The van der Waals surface area contributed by atoms with Gasteiger partial charge in [0.1, 0.15) is 47.5 Å². The van der Waals surface area contributed by atoms with Crippen LogP contribution in [0, 0.1) is 5.92 Å². The number of alkyl halides is 3. The molecule has 7 rings (SSSR count). The number of carbonyl (C=O) groups excluding carboxylic acids is 2. The van der Waals surface area contributed by atoms with Crippen LogP contribution in [-0.4, -0.2) is 118 Å². The summed E-state index contributed by atoms with van der Waals surface area (Å²) < 4.78 is 57.9. The van der Waals surface area contributed by atoms with E-state index in [-0.39, 0.29) is 38.6 Å². The molecule has 0 unspecified atom stereocenters. The maximum Gasteiger partial charge on any atom is 0.405 e. The van der Waals surface area contributed by atoms with Crippen LogP contribution >= 0.6 is 11.3 Å². The molecule has 0 radical (unpaired) electrons. The molecule has 4 aromatic rings. The van der Waals surface area contributed by atoms with E-state index in [9.17, 15) is 27.9 Å². The van der Waals surface area contributed by atoms with Crippen LogP contribution in [0.5, 0.6) is 11.5 Å². The second-order valence-corrected chi connectivity index (χ2v) is 17.2. The predicted octanol–water partition coefficient (Wildman–Crippen LogP) is 5.82. The number of aliphatic hydroxyl groups excluding tert-OH is 1. The Morgan fingerprint density at radius 2 is 1.83 bits per heavy atom. The van der Waals surface area contributed by atoms with Gasteiger partial charge in [-0.15, -0.1) is 11.3 Å². The minimum Gasteiger partial charge on any atom is -0.495 e. The number of rotatable bonds is 13. The minimum absolute atomic E-state index is 0.0384. The number of amides is 2. The fourth-order valence-electron chi connectivity index (χ4n) is 8.53. The topological polar surface area (TPSA) is 130 Å². The summed E-state index contributed by atoms with van der Waals surface area (Å²) in [4.78, 5) is 43.3. The minimum atomic E-state index is -4.61. The standard InChI is InChI=1S/C43H51F3N6O6S/c1-41(2,36-25-59-39(49-36)29-19-31(56-5)21-47-20-29)51-16-15-50(33(23-51)38(54)48-26-43(44,45)46)22-30(53)18-28(17-27-11-7-6-8-12-27)40(55)52-37-32-13-9-10-14-34(32)57-24-35(37)58-42(52,3)4/h6-14,19-21,25,28,30,33,35,37,53H,15-18,22-24,26H2,1-5H3,(H,48,54)/t28-,30+,33+,35-,37+/m1/s1. The lowest BCUT2D eigenvalue weighted by Gasteiger charge is -2.47. The zero-order chi connectivity index (χ0) is 42.1. The normalized spacial score (nSPS) is 21.8. The average Bonchev–Trinajstić information content (AvgIpc) is 3.82. The Balaban J connectivity index is 1.11. The number of carbonyl (C=O) groups is 2. The van der Waals surface area contributed by atoms with Crippen LogP contribution in [0.15, 0.2) is 78.4 Å².